The predicted molar refractivity (Wildman–Crippen MR) is 53.4 cm³/mol. The van der Waals surface area contributed by atoms with Gasteiger partial charge < -0.3 is 5.73 Å². The Morgan fingerprint density at radius 2 is 2.08 bits per heavy atom. The molecule has 0 heterocycles. The molecule has 1 aromatic carbocycles. The number of halogens is 1. The Kier molecular flexibility index (Phi) is 3.32. The maximum absolute atomic E-state index is 5.94. The summed E-state index contributed by atoms with van der Waals surface area (Å²) in [5.74, 6) is 0. The van der Waals surface area contributed by atoms with Crippen LogP contribution in [0.1, 0.15) is 5.56 Å². The maximum Gasteiger partial charge on any atom is 0.0441 e. The summed E-state index contributed by atoms with van der Waals surface area (Å²) in [5.41, 5.74) is 7.52. The van der Waals surface area contributed by atoms with E-state index in [2.05, 4.69) is 6.58 Å². The molecule has 0 aromatic heterocycles. The van der Waals surface area contributed by atoms with Crippen LogP contribution >= 0.6 is 11.6 Å². The number of rotatable bonds is 3. The van der Waals surface area contributed by atoms with Crippen LogP contribution in [0.2, 0.25) is 5.02 Å². The lowest BCUT2D eigenvalue weighted by Crippen LogP contribution is -2.04. The first-order chi connectivity index (χ1) is 5.74. The fourth-order valence-corrected chi connectivity index (χ4v) is 1.19. The molecular formula is C10H12ClN. The molecule has 0 atom stereocenters. The third-order valence-corrected chi connectivity index (χ3v) is 2.06. The van der Waals surface area contributed by atoms with Crippen LogP contribution in [0.15, 0.2) is 36.4 Å². The van der Waals surface area contributed by atoms with Gasteiger partial charge >= 0.3 is 0 Å². The number of hydrogen-bond donors (Lipinski definition) is 1. The van der Waals surface area contributed by atoms with E-state index in [1.807, 2.05) is 24.3 Å². The molecule has 0 amide bonds. The summed E-state index contributed by atoms with van der Waals surface area (Å²) in [6.45, 7) is 4.35. The van der Waals surface area contributed by atoms with Gasteiger partial charge in [-0.2, -0.15) is 0 Å². The van der Waals surface area contributed by atoms with Crippen molar-refractivity contribution in [3.05, 3.63) is 47.0 Å². The molecule has 0 unspecified atom stereocenters. The topological polar surface area (TPSA) is 26.0 Å². The second-order valence-corrected chi connectivity index (χ2v) is 3.13. The van der Waals surface area contributed by atoms with E-state index in [0.29, 0.717) is 6.54 Å². The van der Waals surface area contributed by atoms with Crippen molar-refractivity contribution in [1.82, 2.24) is 0 Å². The highest BCUT2D eigenvalue weighted by Crippen LogP contribution is 2.17. The first-order valence-electron chi connectivity index (χ1n) is 3.84. The smallest absolute Gasteiger partial charge is 0.0441 e. The van der Waals surface area contributed by atoms with Crippen molar-refractivity contribution < 1.29 is 0 Å². The Balaban J connectivity index is 2.75. The average molecular weight is 182 g/mol. The summed E-state index contributed by atoms with van der Waals surface area (Å²) in [6, 6.07) is 7.74. The highest BCUT2D eigenvalue weighted by Gasteiger charge is 1.99. The molecule has 0 saturated carbocycles. The molecule has 0 aliphatic carbocycles. The van der Waals surface area contributed by atoms with Crippen molar-refractivity contribution in [3.8, 4) is 0 Å². The highest BCUT2D eigenvalue weighted by molar-refractivity contribution is 6.31. The molecule has 0 radical (unpaired) electrons. The van der Waals surface area contributed by atoms with Crippen LogP contribution in [0.3, 0.4) is 0 Å². The van der Waals surface area contributed by atoms with E-state index in [0.717, 1.165) is 22.6 Å². The second kappa shape index (κ2) is 4.29. The van der Waals surface area contributed by atoms with Gasteiger partial charge in [0, 0.05) is 11.6 Å². The standard InChI is InChI=1S/C10H12ClN/c1-8(7-12)6-9-4-2-3-5-10(9)11/h2-5H,1,6-7,12H2. The summed E-state index contributed by atoms with van der Waals surface area (Å²) in [4.78, 5) is 0. The van der Waals surface area contributed by atoms with E-state index >= 15 is 0 Å². The summed E-state index contributed by atoms with van der Waals surface area (Å²) in [5, 5.41) is 0.784. The number of benzene rings is 1. The summed E-state index contributed by atoms with van der Waals surface area (Å²) in [6.07, 6.45) is 0.774. The fraction of sp³-hybridized carbons (Fsp3) is 0.200. The van der Waals surface area contributed by atoms with Gasteiger partial charge in [0.15, 0.2) is 0 Å². The van der Waals surface area contributed by atoms with Crippen molar-refractivity contribution in [2.75, 3.05) is 6.54 Å². The van der Waals surface area contributed by atoms with Crippen LogP contribution in [0.25, 0.3) is 0 Å². The van der Waals surface area contributed by atoms with Crippen LogP contribution in [-0.2, 0) is 6.42 Å². The lowest BCUT2D eigenvalue weighted by atomic mass is 10.1. The van der Waals surface area contributed by atoms with Crippen LogP contribution in [0.4, 0.5) is 0 Å². The van der Waals surface area contributed by atoms with Gasteiger partial charge in [0.25, 0.3) is 0 Å². The monoisotopic (exact) mass is 181 g/mol. The Labute approximate surface area is 77.8 Å². The molecule has 0 spiro atoms. The molecule has 0 saturated heterocycles. The average Bonchev–Trinajstić information content (AvgIpc) is 2.09. The Morgan fingerprint density at radius 3 is 2.67 bits per heavy atom. The third kappa shape index (κ3) is 2.36. The lowest BCUT2D eigenvalue weighted by Gasteiger charge is -2.04. The highest BCUT2D eigenvalue weighted by atomic mass is 35.5. The summed E-state index contributed by atoms with van der Waals surface area (Å²) < 4.78 is 0. The van der Waals surface area contributed by atoms with E-state index in [-0.39, 0.29) is 0 Å². The van der Waals surface area contributed by atoms with Crippen molar-refractivity contribution in [2.45, 2.75) is 6.42 Å². The number of hydrogen-bond acceptors (Lipinski definition) is 1. The van der Waals surface area contributed by atoms with E-state index < -0.39 is 0 Å². The minimum atomic E-state index is 0.519. The summed E-state index contributed by atoms with van der Waals surface area (Å²) in [7, 11) is 0. The molecule has 12 heavy (non-hydrogen) atoms. The predicted octanol–water partition coefficient (Wildman–Crippen LogP) is 2.40. The Morgan fingerprint density at radius 1 is 1.42 bits per heavy atom. The van der Waals surface area contributed by atoms with E-state index in [4.69, 9.17) is 17.3 Å². The zero-order valence-corrected chi connectivity index (χ0v) is 7.64. The van der Waals surface area contributed by atoms with Crippen LogP contribution in [0.5, 0.6) is 0 Å². The molecule has 2 heteroatoms. The molecule has 0 aliphatic heterocycles. The molecule has 0 bridgehead atoms. The SMILES string of the molecule is C=C(CN)Cc1ccccc1Cl. The largest absolute Gasteiger partial charge is 0.327 e. The molecule has 2 N–H and O–H groups in total. The van der Waals surface area contributed by atoms with Crippen LogP contribution in [-0.4, -0.2) is 6.54 Å². The molecule has 0 fully saturated rings. The van der Waals surface area contributed by atoms with Crippen molar-refractivity contribution in [3.63, 3.8) is 0 Å². The van der Waals surface area contributed by atoms with E-state index in [1.54, 1.807) is 0 Å². The van der Waals surface area contributed by atoms with Gasteiger partial charge in [-0.1, -0.05) is 42.0 Å². The van der Waals surface area contributed by atoms with Crippen molar-refractivity contribution in [1.29, 1.82) is 0 Å². The Bertz CT molecular complexity index is 281. The van der Waals surface area contributed by atoms with E-state index in [9.17, 15) is 0 Å². The molecule has 64 valence electrons. The molecule has 1 nitrogen and oxygen atoms in total. The van der Waals surface area contributed by atoms with Gasteiger partial charge in [0.2, 0.25) is 0 Å². The quantitative estimate of drug-likeness (QED) is 0.713. The zero-order valence-electron chi connectivity index (χ0n) is 6.89. The van der Waals surface area contributed by atoms with Crippen molar-refractivity contribution >= 4 is 11.6 Å². The zero-order chi connectivity index (χ0) is 8.97. The second-order valence-electron chi connectivity index (χ2n) is 2.72. The van der Waals surface area contributed by atoms with Gasteiger partial charge in [0.05, 0.1) is 0 Å². The normalized spacial score (nSPS) is 9.83. The third-order valence-electron chi connectivity index (χ3n) is 1.69. The molecule has 1 aromatic rings. The first-order valence-corrected chi connectivity index (χ1v) is 4.22. The van der Waals surface area contributed by atoms with Gasteiger partial charge in [-0.15, -0.1) is 0 Å². The van der Waals surface area contributed by atoms with Crippen LogP contribution in [0, 0.1) is 0 Å². The van der Waals surface area contributed by atoms with Crippen LogP contribution < -0.4 is 5.73 Å². The minimum Gasteiger partial charge on any atom is -0.327 e. The van der Waals surface area contributed by atoms with Gasteiger partial charge in [-0.05, 0) is 18.1 Å². The van der Waals surface area contributed by atoms with Crippen molar-refractivity contribution in [2.24, 2.45) is 5.73 Å². The minimum absolute atomic E-state index is 0.519. The molecule has 1 rings (SSSR count). The lowest BCUT2D eigenvalue weighted by molar-refractivity contribution is 1.05. The van der Waals surface area contributed by atoms with Gasteiger partial charge in [-0.25, -0.2) is 0 Å². The molecule has 0 aliphatic rings. The van der Waals surface area contributed by atoms with E-state index in [1.165, 1.54) is 0 Å². The first kappa shape index (κ1) is 9.30. The maximum atomic E-state index is 5.94. The summed E-state index contributed by atoms with van der Waals surface area (Å²) >= 11 is 5.94. The number of nitrogens with two attached hydrogens (primary N) is 1. The Hall–Kier alpha value is -0.790. The van der Waals surface area contributed by atoms with Gasteiger partial charge in [0.1, 0.15) is 0 Å². The fourth-order valence-electron chi connectivity index (χ4n) is 0.983. The van der Waals surface area contributed by atoms with Gasteiger partial charge in [-0.3, -0.25) is 0 Å². The molecular weight excluding hydrogens is 170 g/mol.